The summed E-state index contributed by atoms with van der Waals surface area (Å²) in [5.74, 6) is 0.193. The fraction of sp³-hybridized carbons (Fsp3) is 0.200. The molecule has 3 nitrogen and oxygen atoms in total. The van der Waals surface area contributed by atoms with Crippen LogP contribution in [0.15, 0.2) is 27.3 Å². The predicted molar refractivity (Wildman–Crippen MR) is 58.3 cm³/mol. The zero-order valence-electron chi connectivity index (χ0n) is 7.46. The van der Waals surface area contributed by atoms with Gasteiger partial charge in [0.2, 0.25) is 0 Å². The van der Waals surface area contributed by atoms with E-state index in [1.165, 1.54) is 0 Å². The molecule has 4 heteroatoms. The first-order chi connectivity index (χ1) is 6.72. The Hall–Kier alpha value is -1.00. The molecular formula is C10H10BrNO2. The largest absolute Gasteiger partial charge is 0.504 e. The van der Waals surface area contributed by atoms with E-state index in [0.29, 0.717) is 23.2 Å². The molecule has 0 aliphatic rings. The van der Waals surface area contributed by atoms with Crippen LogP contribution in [0.5, 0.6) is 5.75 Å². The molecule has 0 fully saturated rings. The minimum Gasteiger partial charge on any atom is -0.504 e. The van der Waals surface area contributed by atoms with Crippen molar-refractivity contribution in [1.29, 1.82) is 0 Å². The molecule has 14 heavy (non-hydrogen) atoms. The van der Waals surface area contributed by atoms with E-state index in [2.05, 4.69) is 15.9 Å². The third kappa shape index (κ3) is 1.51. The zero-order chi connectivity index (χ0) is 10.1. The first-order valence-electron chi connectivity index (χ1n) is 4.32. The fourth-order valence-corrected chi connectivity index (χ4v) is 1.86. The lowest BCUT2D eigenvalue weighted by Crippen LogP contribution is -2.02. The normalized spacial score (nSPS) is 11.0. The monoisotopic (exact) mass is 255 g/mol. The van der Waals surface area contributed by atoms with Crippen molar-refractivity contribution in [1.82, 2.24) is 0 Å². The van der Waals surface area contributed by atoms with Crippen LogP contribution in [0.4, 0.5) is 0 Å². The van der Waals surface area contributed by atoms with Gasteiger partial charge in [0.05, 0.1) is 0 Å². The van der Waals surface area contributed by atoms with Crippen molar-refractivity contribution in [3.8, 4) is 5.75 Å². The first-order valence-corrected chi connectivity index (χ1v) is 5.11. The van der Waals surface area contributed by atoms with Crippen LogP contribution in [0.3, 0.4) is 0 Å². The molecular weight excluding hydrogens is 246 g/mol. The smallest absolute Gasteiger partial charge is 0.177 e. The number of halogens is 1. The van der Waals surface area contributed by atoms with Crippen molar-refractivity contribution in [2.75, 3.05) is 6.54 Å². The molecule has 0 aliphatic heterocycles. The van der Waals surface area contributed by atoms with Crippen molar-refractivity contribution < 1.29 is 9.52 Å². The van der Waals surface area contributed by atoms with Crippen LogP contribution in [0.1, 0.15) is 5.56 Å². The Balaban J connectivity index is 2.61. The Morgan fingerprint density at radius 3 is 2.93 bits per heavy atom. The topological polar surface area (TPSA) is 59.4 Å². The third-order valence-electron chi connectivity index (χ3n) is 2.13. The van der Waals surface area contributed by atoms with E-state index in [0.717, 1.165) is 10.9 Å². The minimum absolute atomic E-state index is 0.193. The molecule has 0 saturated heterocycles. The highest BCUT2D eigenvalue weighted by molar-refractivity contribution is 9.10. The number of hydrogen-bond donors (Lipinski definition) is 2. The van der Waals surface area contributed by atoms with Gasteiger partial charge in [-0.1, -0.05) is 12.1 Å². The number of nitrogens with two attached hydrogens (primary N) is 1. The van der Waals surface area contributed by atoms with Crippen LogP contribution < -0.4 is 5.73 Å². The molecule has 1 aromatic carbocycles. The van der Waals surface area contributed by atoms with E-state index in [9.17, 15) is 5.11 Å². The lowest BCUT2D eigenvalue weighted by molar-refractivity contribution is 0.456. The molecule has 3 N–H and O–H groups in total. The van der Waals surface area contributed by atoms with Crippen molar-refractivity contribution in [2.24, 2.45) is 5.73 Å². The van der Waals surface area contributed by atoms with Gasteiger partial charge in [0, 0.05) is 5.39 Å². The summed E-state index contributed by atoms with van der Waals surface area (Å²) in [6.07, 6.45) is 0.653. The van der Waals surface area contributed by atoms with E-state index in [1.807, 2.05) is 18.2 Å². The highest BCUT2D eigenvalue weighted by Crippen LogP contribution is 2.33. The average Bonchev–Trinajstić information content (AvgIpc) is 2.52. The van der Waals surface area contributed by atoms with E-state index < -0.39 is 0 Å². The minimum atomic E-state index is 0.193. The van der Waals surface area contributed by atoms with Gasteiger partial charge in [0.15, 0.2) is 16.0 Å². The Kier molecular flexibility index (Phi) is 2.48. The molecule has 1 aromatic heterocycles. The number of phenolic OH excluding ortho intramolecular Hbond substituents is 1. The molecule has 0 spiro atoms. The van der Waals surface area contributed by atoms with Crippen molar-refractivity contribution in [2.45, 2.75) is 6.42 Å². The van der Waals surface area contributed by atoms with E-state index >= 15 is 0 Å². The lowest BCUT2D eigenvalue weighted by Gasteiger charge is -2.02. The zero-order valence-corrected chi connectivity index (χ0v) is 9.04. The average molecular weight is 256 g/mol. The molecule has 0 unspecified atom stereocenters. The van der Waals surface area contributed by atoms with Crippen LogP contribution in [0.2, 0.25) is 0 Å². The van der Waals surface area contributed by atoms with Crippen LogP contribution in [-0.2, 0) is 6.42 Å². The second-order valence-corrected chi connectivity index (χ2v) is 3.86. The third-order valence-corrected chi connectivity index (χ3v) is 2.52. The molecule has 0 aliphatic carbocycles. The highest BCUT2D eigenvalue weighted by atomic mass is 79.9. The fourth-order valence-electron chi connectivity index (χ4n) is 1.45. The van der Waals surface area contributed by atoms with Crippen LogP contribution in [0.25, 0.3) is 11.0 Å². The van der Waals surface area contributed by atoms with Gasteiger partial charge >= 0.3 is 0 Å². The summed E-state index contributed by atoms with van der Waals surface area (Å²) in [5.41, 5.74) is 6.77. The van der Waals surface area contributed by atoms with Gasteiger partial charge in [0.25, 0.3) is 0 Å². The number of furan rings is 1. The quantitative estimate of drug-likeness (QED) is 0.867. The molecule has 2 rings (SSSR count). The summed E-state index contributed by atoms with van der Waals surface area (Å²) in [6.45, 7) is 0.515. The van der Waals surface area contributed by atoms with Crippen molar-refractivity contribution in [3.05, 3.63) is 28.4 Å². The maximum absolute atomic E-state index is 9.82. The summed E-state index contributed by atoms with van der Waals surface area (Å²) in [5, 5.41) is 10.7. The molecule has 0 amide bonds. The Morgan fingerprint density at radius 1 is 1.43 bits per heavy atom. The predicted octanol–water partition coefficient (Wildman–Crippen LogP) is 2.40. The van der Waals surface area contributed by atoms with Gasteiger partial charge in [-0.05, 0) is 40.5 Å². The van der Waals surface area contributed by atoms with Crippen LogP contribution in [0, 0.1) is 0 Å². The Morgan fingerprint density at radius 2 is 2.21 bits per heavy atom. The van der Waals surface area contributed by atoms with E-state index in [4.69, 9.17) is 10.2 Å². The van der Waals surface area contributed by atoms with Crippen LogP contribution >= 0.6 is 15.9 Å². The number of aromatic hydroxyl groups is 1. The second-order valence-electron chi connectivity index (χ2n) is 3.08. The van der Waals surface area contributed by atoms with Crippen molar-refractivity contribution >= 4 is 26.9 Å². The molecule has 0 saturated carbocycles. The van der Waals surface area contributed by atoms with Gasteiger partial charge in [-0.2, -0.15) is 0 Å². The van der Waals surface area contributed by atoms with Gasteiger partial charge in [-0.15, -0.1) is 0 Å². The maximum Gasteiger partial charge on any atom is 0.177 e. The Bertz CT molecular complexity index is 464. The number of rotatable bonds is 2. The molecule has 0 atom stereocenters. The summed E-state index contributed by atoms with van der Waals surface area (Å²) in [7, 11) is 0. The summed E-state index contributed by atoms with van der Waals surface area (Å²) in [6, 6.07) is 5.60. The van der Waals surface area contributed by atoms with E-state index in [1.54, 1.807) is 0 Å². The second kappa shape index (κ2) is 3.63. The van der Waals surface area contributed by atoms with Gasteiger partial charge in [0.1, 0.15) is 0 Å². The number of phenols is 1. The number of benzene rings is 1. The summed E-state index contributed by atoms with van der Waals surface area (Å²) in [4.78, 5) is 0. The summed E-state index contributed by atoms with van der Waals surface area (Å²) < 4.78 is 5.93. The molecule has 1 heterocycles. The SMILES string of the molecule is NCCc1ccc2cc(Br)oc2c1O. The van der Waals surface area contributed by atoms with Crippen molar-refractivity contribution in [3.63, 3.8) is 0 Å². The van der Waals surface area contributed by atoms with Gasteiger partial charge < -0.3 is 15.3 Å². The Labute approximate surface area is 89.6 Å². The first kappa shape index (κ1) is 9.55. The molecule has 0 bridgehead atoms. The lowest BCUT2D eigenvalue weighted by atomic mass is 10.1. The van der Waals surface area contributed by atoms with E-state index in [-0.39, 0.29) is 5.75 Å². The van der Waals surface area contributed by atoms with Gasteiger partial charge in [-0.25, -0.2) is 0 Å². The number of fused-ring (bicyclic) bond motifs is 1. The molecule has 74 valence electrons. The standard InChI is InChI=1S/C10H10BrNO2/c11-8-5-7-2-1-6(3-4-12)9(13)10(7)14-8/h1-2,5,13H,3-4,12H2. The highest BCUT2D eigenvalue weighted by Gasteiger charge is 2.10. The number of hydrogen-bond acceptors (Lipinski definition) is 3. The summed E-state index contributed by atoms with van der Waals surface area (Å²) >= 11 is 3.22. The van der Waals surface area contributed by atoms with Gasteiger partial charge in [-0.3, -0.25) is 0 Å². The molecule has 0 radical (unpaired) electrons. The van der Waals surface area contributed by atoms with Crippen LogP contribution in [-0.4, -0.2) is 11.7 Å². The molecule has 2 aromatic rings. The maximum atomic E-state index is 9.82.